The molecule has 0 unspecified atom stereocenters. The first-order valence-electron chi connectivity index (χ1n) is 7.07. The molecule has 114 valence electrons. The molecule has 2 heterocycles. The van der Waals surface area contributed by atoms with Gasteiger partial charge in [-0.25, -0.2) is 9.97 Å². The number of hydrogen-bond acceptors (Lipinski definition) is 5. The summed E-state index contributed by atoms with van der Waals surface area (Å²) < 4.78 is 6.33. The van der Waals surface area contributed by atoms with E-state index in [0.717, 1.165) is 10.2 Å². The summed E-state index contributed by atoms with van der Waals surface area (Å²) in [6.07, 6.45) is 0. The zero-order chi connectivity index (χ0) is 16.2. The Hall–Kier alpha value is -2.65. The van der Waals surface area contributed by atoms with E-state index in [2.05, 4.69) is 37.3 Å². The second-order valence-corrected chi connectivity index (χ2v) is 5.67. The van der Waals surface area contributed by atoms with Gasteiger partial charge in [-0.3, -0.25) is 0 Å². The summed E-state index contributed by atoms with van der Waals surface area (Å²) in [6.45, 7) is 2.44. The number of pyridine rings is 2. The number of fused-ring (bicyclic) bond motifs is 1. The van der Waals surface area contributed by atoms with Crippen molar-refractivity contribution in [1.29, 1.82) is 5.26 Å². The van der Waals surface area contributed by atoms with Crippen LogP contribution in [0.2, 0.25) is 0 Å². The van der Waals surface area contributed by atoms with Gasteiger partial charge in [0.05, 0.1) is 23.2 Å². The van der Waals surface area contributed by atoms with Crippen molar-refractivity contribution in [1.82, 2.24) is 9.97 Å². The molecule has 1 N–H and O–H groups in total. The molecular weight excluding hydrogens is 356 g/mol. The molecule has 0 bridgehead atoms. The van der Waals surface area contributed by atoms with Gasteiger partial charge in [0, 0.05) is 16.2 Å². The summed E-state index contributed by atoms with van der Waals surface area (Å²) >= 11 is 3.42. The van der Waals surface area contributed by atoms with Gasteiger partial charge >= 0.3 is 0 Å². The summed E-state index contributed by atoms with van der Waals surface area (Å²) in [5, 5.41) is 12.6. The molecule has 2 aromatic heterocycles. The van der Waals surface area contributed by atoms with Crippen molar-refractivity contribution in [2.24, 2.45) is 0 Å². The molecular formula is C17H13BrN4O. The van der Waals surface area contributed by atoms with Gasteiger partial charge in [0.15, 0.2) is 0 Å². The van der Waals surface area contributed by atoms with Crippen LogP contribution in [0.1, 0.15) is 12.5 Å². The van der Waals surface area contributed by atoms with Crippen LogP contribution >= 0.6 is 15.9 Å². The predicted molar refractivity (Wildman–Crippen MR) is 92.8 cm³/mol. The molecule has 0 saturated carbocycles. The summed E-state index contributed by atoms with van der Waals surface area (Å²) in [6, 6.07) is 15.2. The van der Waals surface area contributed by atoms with Gasteiger partial charge in [0.2, 0.25) is 5.88 Å². The first kappa shape index (κ1) is 15.3. The monoisotopic (exact) mass is 368 g/mol. The van der Waals surface area contributed by atoms with Gasteiger partial charge in [-0.05, 0) is 37.3 Å². The summed E-state index contributed by atoms with van der Waals surface area (Å²) in [5.41, 5.74) is 2.61. The number of halogens is 1. The van der Waals surface area contributed by atoms with Crippen molar-refractivity contribution in [3.8, 4) is 11.9 Å². The van der Waals surface area contributed by atoms with Gasteiger partial charge in [0.1, 0.15) is 11.9 Å². The fourth-order valence-corrected chi connectivity index (χ4v) is 2.55. The Bertz CT molecular complexity index is 905. The highest BCUT2D eigenvalue weighted by atomic mass is 79.9. The van der Waals surface area contributed by atoms with Crippen LogP contribution in [0.15, 0.2) is 46.9 Å². The third kappa shape index (κ3) is 3.41. The number of ether oxygens (including phenoxy) is 1. The SMILES string of the molecule is CCOc1ccc2nc(Nc3cccc(Br)c3)c(C#N)cc2n1. The molecule has 0 aliphatic carbocycles. The van der Waals surface area contributed by atoms with Gasteiger partial charge < -0.3 is 10.1 Å². The normalized spacial score (nSPS) is 10.3. The minimum Gasteiger partial charge on any atom is -0.478 e. The summed E-state index contributed by atoms with van der Waals surface area (Å²) in [5.74, 6) is 1.03. The number of aromatic nitrogens is 2. The summed E-state index contributed by atoms with van der Waals surface area (Å²) in [7, 11) is 0. The quantitative estimate of drug-likeness (QED) is 0.738. The van der Waals surface area contributed by atoms with E-state index in [4.69, 9.17) is 4.74 Å². The molecule has 0 aliphatic rings. The lowest BCUT2D eigenvalue weighted by Crippen LogP contribution is -2.00. The highest BCUT2D eigenvalue weighted by Gasteiger charge is 2.09. The maximum atomic E-state index is 9.38. The third-order valence-electron chi connectivity index (χ3n) is 3.15. The first-order chi connectivity index (χ1) is 11.2. The number of nitriles is 1. The van der Waals surface area contributed by atoms with Gasteiger partial charge in [0.25, 0.3) is 0 Å². The fraction of sp³-hybridized carbons (Fsp3) is 0.118. The van der Waals surface area contributed by atoms with Crippen LogP contribution in [-0.2, 0) is 0 Å². The van der Waals surface area contributed by atoms with Crippen molar-refractivity contribution in [3.05, 3.63) is 52.5 Å². The predicted octanol–water partition coefficient (Wildman–Crippen LogP) is 4.41. The third-order valence-corrected chi connectivity index (χ3v) is 3.64. The van der Waals surface area contributed by atoms with Crippen LogP contribution in [0.4, 0.5) is 11.5 Å². The molecule has 0 fully saturated rings. The molecule has 0 aliphatic heterocycles. The standard InChI is InChI=1S/C17H13BrN4O/c1-2-23-16-7-6-14-15(21-16)8-11(10-19)17(22-14)20-13-5-3-4-12(18)9-13/h3-9H,2H2,1H3,(H,20,22). The van der Waals surface area contributed by atoms with Crippen molar-refractivity contribution < 1.29 is 4.74 Å². The second kappa shape index (κ2) is 6.63. The molecule has 3 rings (SSSR count). The van der Waals surface area contributed by atoms with E-state index in [1.54, 1.807) is 12.1 Å². The Balaban J connectivity index is 2.03. The molecule has 0 spiro atoms. The largest absolute Gasteiger partial charge is 0.478 e. The Labute approximate surface area is 142 Å². The highest BCUT2D eigenvalue weighted by Crippen LogP contribution is 2.25. The van der Waals surface area contributed by atoms with E-state index in [-0.39, 0.29) is 0 Å². The minimum absolute atomic E-state index is 0.429. The smallest absolute Gasteiger partial charge is 0.213 e. The van der Waals surface area contributed by atoms with Gasteiger partial charge in [-0.15, -0.1) is 0 Å². The van der Waals surface area contributed by atoms with E-state index in [9.17, 15) is 5.26 Å². The zero-order valence-corrected chi connectivity index (χ0v) is 14.0. The molecule has 6 heteroatoms. The summed E-state index contributed by atoms with van der Waals surface area (Å²) in [4.78, 5) is 8.87. The molecule has 0 radical (unpaired) electrons. The van der Waals surface area contributed by atoms with Crippen molar-refractivity contribution in [2.45, 2.75) is 6.92 Å². The molecule has 0 amide bonds. The van der Waals surface area contributed by atoms with Crippen LogP contribution in [0.25, 0.3) is 11.0 Å². The van der Waals surface area contributed by atoms with Gasteiger partial charge in [-0.1, -0.05) is 22.0 Å². The van der Waals surface area contributed by atoms with E-state index < -0.39 is 0 Å². The molecule has 0 saturated heterocycles. The fourth-order valence-electron chi connectivity index (χ4n) is 2.15. The number of anilines is 2. The molecule has 0 atom stereocenters. The Morgan fingerprint density at radius 1 is 1.17 bits per heavy atom. The van der Waals surface area contributed by atoms with Crippen LogP contribution < -0.4 is 10.1 Å². The molecule has 23 heavy (non-hydrogen) atoms. The number of rotatable bonds is 4. The van der Waals surface area contributed by atoms with E-state index >= 15 is 0 Å². The minimum atomic E-state index is 0.429. The molecule has 5 nitrogen and oxygen atoms in total. The van der Waals surface area contributed by atoms with Crippen LogP contribution in [0.5, 0.6) is 5.88 Å². The van der Waals surface area contributed by atoms with Crippen molar-refractivity contribution in [2.75, 3.05) is 11.9 Å². The zero-order valence-electron chi connectivity index (χ0n) is 12.4. The van der Waals surface area contributed by atoms with E-state index in [1.165, 1.54) is 0 Å². The van der Waals surface area contributed by atoms with Crippen molar-refractivity contribution >= 4 is 38.5 Å². The number of nitrogens with one attached hydrogen (secondary N) is 1. The number of benzene rings is 1. The Morgan fingerprint density at radius 2 is 2.04 bits per heavy atom. The maximum Gasteiger partial charge on any atom is 0.213 e. The van der Waals surface area contributed by atoms with Crippen LogP contribution in [-0.4, -0.2) is 16.6 Å². The van der Waals surface area contributed by atoms with E-state index in [0.29, 0.717) is 34.9 Å². The lowest BCUT2D eigenvalue weighted by atomic mass is 10.2. The highest BCUT2D eigenvalue weighted by molar-refractivity contribution is 9.10. The average Bonchev–Trinajstić information content (AvgIpc) is 2.55. The first-order valence-corrected chi connectivity index (χ1v) is 7.86. The Morgan fingerprint density at radius 3 is 2.78 bits per heavy atom. The average molecular weight is 369 g/mol. The molecule has 1 aromatic carbocycles. The number of hydrogen-bond donors (Lipinski definition) is 1. The van der Waals surface area contributed by atoms with Crippen LogP contribution in [0.3, 0.4) is 0 Å². The second-order valence-electron chi connectivity index (χ2n) is 4.75. The van der Waals surface area contributed by atoms with E-state index in [1.807, 2.05) is 37.3 Å². The maximum absolute atomic E-state index is 9.38. The van der Waals surface area contributed by atoms with Gasteiger partial charge in [-0.2, -0.15) is 5.26 Å². The Kier molecular flexibility index (Phi) is 4.40. The lowest BCUT2D eigenvalue weighted by Gasteiger charge is -2.09. The van der Waals surface area contributed by atoms with Crippen molar-refractivity contribution in [3.63, 3.8) is 0 Å². The number of nitrogens with zero attached hydrogens (tertiary/aromatic N) is 3. The molecule has 3 aromatic rings. The lowest BCUT2D eigenvalue weighted by molar-refractivity contribution is 0.328. The van der Waals surface area contributed by atoms with Crippen LogP contribution in [0, 0.1) is 11.3 Å². The topological polar surface area (TPSA) is 70.8 Å².